The lowest BCUT2D eigenvalue weighted by Gasteiger charge is -2.22. The van der Waals surface area contributed by atoms with Crippen molar-refractivity contribution >= 4 is 45.0 Å². The minimum absolute atomic E-state index is 0.0145. The lowest BCUT2D eigenvalue weighted by atomic mass is 10.1. The summed E-state index contributed by atoms with van der Waals surface area (Å²) in [6, 6.07) is 21.7. The van der Waals surface area contributed by atoms with Gasteiger partial charge in [0.2, 0.25) is 0 Å². The number of hydrogen-bond donors (Lipinski definition) is 0. The first kappa shape index (κ1) is 19.8. The SMILES string of the molecule is Cc1ccc(N2C(=O)/C(=C/c3ccc([N+](=O)[O-])cc3)C=C2c2ccccc2)c(Br)c1. The van der Waals surface area contributed by atoms with Gasteiger partial charge in [0.15, 0.2) is 0 Å². The summed E-state index contributed by atoms with van der Waals surface area (Å²) in [4.78, 5) is 25.5. The van der Waals surface area contributed by atoms with Gasteiger partial charge < -0.3 is 0 Å². The van der Waals surface area contributed by atoms with E-state index in [1.807, 2.05) is 61.5 Å². The standard InChI is InChI=1S/C24H17BrN2O3/c1-16-7-12-22(21(25)13-16)26-23(18-5-3-2-4-6-18)15-19(24(26)28)14-17-8-10-20(11-9-17)27(29)30/h2-15H,1H3/b19-14+. The van der Waals surface area contributed by atoms with Crippen LogP contribution >= 0.6 is 15.9 Å². The number of nitro groups is 1. The average molecular weight is 461 g/mol. The molecule has 3 aromatic carbocycles. The molecule has 1 aliphatic heterocycles. The summed E-state index contributed by atoms with van der Waals surface area (Å²) in [5.74, 6) is -0.156. The number of halogens is 1. The van der Waals surface area contributed by atoms with Crippen molar-refractivity contribution in [3.63, 3.8) is 0 Å². The molecule has 5 nitrogen and oxygen atoms in total. The highest BCUT2D eigenvalue weighted by Gasteiger charge is 2.31. The van der Waals surface area contributed by atoms with E-state index >= 15 is 0 Å². The molecule has 0 atom stereocenters. The van der Waals surface area contributed by atoms with Gasteiger partial charge in [-0.1, -0.05) is 36.4 Å². The van der Waals surface area contributed by atoms with Crippen LogP contribution < -0.4 is 4.90 Å². The maximum atomic E-state index is 13.4. The topological polar surface area (TPSA) is 63.5 Å². The van der Waals surface area contributed by atoms with Crippen LogP contribution in [-0.4, -0.2) is 10.8 Å². The molecule has 0 spiro atoms. The second-order valence-corrected chi connectivity index (χ2v) is 7.79. The average Bonchev–Trinajstić information content (AvgIpc) is 3.05. The number of benzene rings is 3. The van der Waals surface area contributed by atoms with Crippen LogP contribution in [0.5, 0.6) is 0 Å². The van der Waals surface area contributed by atoms with Crippen molar-refractivity contribution in [2.24, 2.45) is 0 Å². The highest BCUT2D eigenvalue weighted by Crippen LogP contribution is 2.39. The van der Waals surface area contributed by atoms with E-state index in [1.54, 1.807) is 23.1 Å². The number of carbonyl (C=O) groups is 1. The summed E-state index contributed by atoms with van der Waals surface area (Å²) in [6.07, 6.45) is 3.60. The normalized spacial score (nSPS) is 14.9. The lowest BCUT2D eigenvalue weighted by Crippen LogP contribution is -2.25. The summed E-state index contributed by atoms with van der Waals surface area (Å²) >= 11 is 3.59. The summed E-state index contributed by atoms with van der Waals surface area (Å²) in [6.45, 7) is 1.99. The fourth-order valence-corrected chi connectivity index (χ4v) is 4.01. The first-order valence-corrected chi connectivity index (χ1v) is 10.1. The van der Waals surface area contributed by atoms with Gasteiger partial charge >= 0.3 is 0 Å². The Morgan fingerprint density at radius 3 is 2.33 bits per heavy atom. The van der Waals surface area contributed by atoms with Gasteiger partial charge in [-0.05, 0) is 76.0 Å². The molecule has 1 aliphatic rings. The Labute approximate surface area is 182 Å². The number of aryl methyl sites for hydroxylation is 1. The van der Waals surface area contributed by atoms with Crippen molar-refractivity contribution < 1.29 is 9.72 Å². The zero-order chi connectivity index (χ0) is 21.3. The van der Waals surface area contributed by atoms with Crippen molar-refractivity contribution in [3.05, 3.63) is 116 Å². The van der Waals surface area contributed by atoms with Crippen LogP contribution in [0.25, 0.3) is 11.8 Å². The Hall–Kier alpha value is -3.51. The number of non-ortho nitro benzene ring substituents is 1. The van der Waals surface area contributed by atoms with Gasteiger partial charge in [-0.25, -0.2) is 0 Å². The van der Waals surface area contributed by atoms with Crippen molar-refractivity contribution in [2.45, 2.75) is 6.92 Å². The molecule has 1 amide bonds. The minimum atomic E-state index is -0.443. The molecule has 1 heterocycles. The van der Waals surface area contributed by atoms with Crippen LogP contribution in [0.3, 0.4) is 0 Å². The molecular weight excluding hydrogens is 444 g/mol. The second kappa shape index (κ2) is 8.08. The van der Waals surface area contributed by atoms with Crippen molar-refractivity contribution in [2.75, 3.05) is 4.90 Å². The van der Waals surface area contributed by atoms with E-state index < -0.39 is 4.92 Å². The van der Waals surface area contributed by atoms with Crippen LogP contribution in [0, 0.1) is 17.0 Å². The zero-order valence-corrected chi connectivity index (χ0v) is 17.7. The Morgan fingerprint density at radius 2 is 1.70 bits per heavy atom. The summed E-state index contributed by atoms with van der Waals surface area (Å²) in [5, 5.41) is 10.9. The van der Waals surface area contributed by atoms with E-state index in [4.69, 9.17) is 0 Å². The van der Waals surface area contributed by atoms with Crippen LogP contribution in [0.2, 0.25) is 0 Å². The second-order valence-electron chi connectivity index (χ2n) is 6.94. The molecule has 0 saturated carbocycles. The number of nitro benzene ring substituents is 1. The van der Waals surface area contributed by atoms with Crippen molar-refractivity contribution in [1.82, 2.24) is 0 Å². The minimum Gasteiger partial charge on any atom is -0.275 e. The van der Waals surface area contributed by atoms with E-state index in [0.29, 0.717) is 5.57 Å². The van der Waals surface area contributed by atoms with E-state index in [0.717, 1.165) is 32.5 Å². The summed E-state index contributed by atoms with van der Waals surface area (Å²) in [5.41, 5.74) is 4.79. The largest absolute Gasteiger partial charge is 0.275 e. The number of nitrogens with zero attached hydrogens (tertiary/aromatic N) is 2. The Morgan fingerprint density at radius 1 is 1.00 bits per heavy atom. The molecule has 148 valence electrons. The monoisotopic (exact) mass is 460 g/mol. The maximum absolute atomic E-state index is 13.4. The first-order valence-electron chi connectivity index (χ1n) is 9.28. The molecule has 0 fully saturated rings. The molecule has 0 radical (unpaired) electrons. The number of amides is 1. The van der Waals surface area contributed by atoms with Gasteiger partial charge in [0, 0.05) is 22.2 Å². The molecule has 0 saturated heterocycles. The third-order valence-corrected chi connectivity index (χ3v) is 5.46. The predicted molar refractivity (Wildman–Crippen MR) is 122 cm³/mol. The van der Waals surface area contributed by atoms with Gasteiger partial charge in [0.05, 0.1) is 16.3 Å². The van der Waals surface area contributed by atoms with E-state index in [1.165, 1.54) is 12.1 Å². The smallest absolute Gasteiger partial charge is 0.269 e. The number of anilines is 1. The third-order valence-electron chi connectivity index (χ3n) is 4.82. The van der Waals surface area contributed by atoms with Gasteiger partial charge in [-0.2, -0.15) is 0 Å². The Balaban J connectivity index is 1.80. The fourth-order valence-electron chi connectivity index (χ4n) is 3.34. The van der Waals surface area contributed by atoms with Gasteiger partial charge in [-0.3, -0.25) is 19.8 Å². The van der Waals surface area contributed by atoms with Crippen LogP contribution in [0.4, 0.5) is 11.4 Å². The molecule has 6 heteroatoms. The number of carbonyl (C=O) groups excluding carboxylic acids is 1. The van der Waals surface area contributed by atoms with E-state index in [-0.39, 0.29) is 11.6 Å². The van der Waals surface area contributed by atoms with Crippen LogP contribution in [0.1, 0.15) is 16.7 Å². The predicted octanol–water partition coefficient (Wildman–Crippen LogP) is 6.14. The molecule has 0 aliphatic carbocycles. The Kier molecular flexibility index (Phi) is 5.33. The number of hydrogen-bond acceptors (Lipinski definition) is 3. The lowest BCUT2D eigenvalue weighted by molar-refractivity contribution is -0.384. The quantitative estimate of drug-likeness (QED) is 0.267. The van der Waals surface area contributed by atoms with Gasteiger partial charge in [0.1, 0.15) is 0 Å². The van der Waals surface area contributed by atoms with E-state index in [9.17, 15) is 14.9 Å². The molecule has 0 unspecified atom stereocenters. The first-order chi connectivity index (χ1) is 14.4. The molecular formula is C24H17BrN2O3. The summed E-state index contributed by atoms with van der Waals surface area (Å²) < 4.78 is 0.828. The highest BCUT2D eigenvalue weighted by atomic mass is 79.9. The molecule has 4 rings (SSSR count). The molecule has 0 bridgehead atoms. The van der Waals surface area contributed by atoms with Crippen LogP contribution in [0.15, 0.2) is 88.9 Å². The van der Waals surface area contributed by atoms with Crippen molar-refractivity contribution in [1.29, 1.82) is 0 Å². The zero-order valence-electron chi connectivity index (χ0n) is 16.1. The Bertz CT molecular complexity index is 1200. The van der Waals surface area contributed by atoms with Crippen molar-refractivity contribution in [3.8, 4) is 0 Å². The van der Waals surface area contributed by atoms with E-state index in [2.05, 4.69) is 15.9 Å². The fraction of sp³-hybridized carbons (Fsp3) is 0.0417. The van der Waals surface area contributed by atoms with Crippen LogP contribution in [-0.2, 0) is 4.79 Å². The molecule has 30 heavy (non-hydrogen) atoms. The summed E-state index contributed by atoms with van der Waals surface area (Å²) in [7, 11) is 0. The highest BCUT2D eigenvalue weighted by molar-refractivity contribution is 9.10. The number of rotatable bonds is 4. The third kappa shape index (κ3) is 3.82. The van der Waals surface area contributed by atoms with Gasteiger partial charge in [0.25, 0.3) is 11.6 Å². The molecule has 3 aromatic rings. The maximum Gasteiger partial charge on any atom is 0.269 e. The molecule has 0 aromatic heterocycles. The van der Waals surface area contributed by atoms with Gasteiger partial charge in [-0.15, -0.1) is 0 Å². The molecule has 0 N–H and O–H groups in total.